The highest BCUT2D eigenvalue weighted by Crippen LogP contribution is 2.22. The summed E-state index contributed by atoms with van der Waals surface area (Å²) in [6.45, 7) is 1.80. The Morgan fingerprint density at radius 2 is 2.43 bits per heavy atom. The third-order valence-electron chi connectivity index (χ3n) is 2.28. The second-order valence-corrected chi connectivity index (χ2v) is 5.21. The first-order valence-corrected chi connectivity index (χ1v) is 6.99. The van der Waals surface area contributed by atoms with E-state index in [1.54, 1.807) is 11.3 Å². The number of hydrogen-bond donors (Lipinski definition) is 1. The van der Waals surface area contributed by atoms with Gasteiger partial charge in [0.25, 0.3) is 0 Å². The molecule has 4 heteroatoms. The fourth-order valence-corrected chi connectivity index (χ4v) is 2.76. The van der Waals surface area contributed by atoms with E-state index >= 15 is 0 Å². The van der Waals surface area contributed by atoms with Crippen molar-refractivity contribution in [3.05, 3.63) is 22.4 Å². The van der Waals surface area contributed by atoms with Crippen molar-refractivity contribution in [3.8, 4) is 0 Å². The molecule has 0 saturated heterocycles. The normalized spacial score (nSPS) is 13.4. The molecule has 1 heterocycles. The van der Waals surface area contributed by atoms with E-state index in [0.29, 0.717) is 12.6 Å². The molecule has 0 aliphatic rings. The van der Waals surface area contributed by atoms with Crippen molar-refractivity contribution in [2.24, 2.45) is 5.73 Å². The van der Waals surface area contributed by atoms with Crippen molar-refractivity contribution >= 4 is 23.1 Å². The maximum Gasteiger partial charge on any atom is 0.0562 e. The minimum absolute atomic E-state index is 0.391. The third kappa shape index (κ3) is 3.28. The van der Waals surface area contributed by atoms with Gasteiger partial charge in [0.15, 0.2) is 0 Å². The highest BCUT2D eigenvalue weighted by atomic mass is 32.2. The summed E-state index contributed by atoms with van der Waals surface area (Å²) < 4.78 is 0. The maximum absolute atomic E-state index is 5.79. The summed E-state index contributed by atoms with van der Waals surface area (Å²) in [7, 11) is 2.15. The predicted molar refractivity (Wildman–Crippen MR) is 67.1 cm³/mol. The van der Waals surface area contributed by atoms with E-state index in [1.165, 1.54) is 10.6 Å². The molecule has 0 aromatic carbocycles. The first-order chi connectivity index (χ1) is 6.79. The van der Waals surface area contributed by atoms with Crippen molar-refractivity contribution < 1.29 is 0 Å². The largest absolute Gasteiger partial charge is 0.329 e. The Labute approximate surface area is 94.5 Å². The van der Waals surface area contributed by atoms with E-state index in [4.69, 9.17) is 5.73 Å². The number of rotatable bonds is 6. The van der Waals surface area contributed by atoms with Crippen molar-refractivity contribution in [2.45, 2.75) is 6.04 Å². The van der Waals surface area contributed by atoms with E-state index in [9.17, 15) is 0 Å². The van der Waals surface area contributed by atoms with Gasteiger partial charge in [-0.1, -0.05) is 6.07 Å². The summed E-state index contributed by atoms with van der Waals surface area (Å²) in [5.74, 6) is 1.17. The molecule has 0 aliphatic heterocycles. The lowest BCUT2D eigenvalue weighted by atomic mass is 10.2. The Bertz CT molecular complexity index is 236. The third-order valence-corrected chi connectivity index (χ3v) is 3.84. The first-order valence-electron chi connectivity index (χ1n) is 4.72. The lowest BCUT2D eigenvalue weighted by Gasteiger charge is -2.25. The van der Waals surface area contributed by atoms with Gasteiger partial charge in [-0.3, -0.25) is 4.90 Å². The van der Waals surface area contributed by atoms with Gasteiger partial charge in [0.1, 0.15) is 0 Å². The molecule has 80 valence electrons. The second kappa shape index (κ2) is 6.45. The Morgan fingerprint density at radius 3 is 2.93 bits per heavy atom. The van der Waals surface area contributed by atoms with Crippen molar-refractivity contribution in [3.63, 3.8) is 0 Å². The van der Waals surface area contributed by atoms with E-state index in [2.05, 4.69) is 35.7 Å². The molecule has 2 nitrogen and oxygen atoms in total. The molecule has 1 rings (SSSR count). The van der Waals surface area contributed by atoms with Gasteiger partial charge < -0.3 is 5.73 Å². The topological polar surface area (TPSA) is 29.3 Å². The smallest absolute Gasteiger partial charge is 0.0562 e. The molecular formula is C10H18N2S2. The van der Waals surface area contributed by atoms with Gasteiger partial charge in [0.05, 0.1) is 6.04 Å². The van der Waals surface area contributed by atoms with E-state index in [0.717, 1.165) is 6.54 Å². The van der Waals surface area contributed by atoms with Gasteiger partial charge in [-0.2, -0.15) is 11.8 Å². The molecule has 0 radical (unpaired) electrons. The zero-order valence-corrected chi connectivity index (χ0v) is 10.4. The summed E-state index contributed by atoms with van der Waals surface area (Å²) in [5.41, 5.74) is 5.79. The molecule has 0 aliphatic carbocycles. The minimum Gasteiger partial charge on any atom is -0.329 e. The lowest BCUT2D eigenvalue weighted by molar-refractivity contribution is 0.269. The summed E-state index contributed by atoms with van der Waals surface area (Å²) in [6, 6.07) is 4.64. The predicted octanol–water partition coefficient (Wildman–Crippen LogP) is 2.04. The van der Waals surface area contributed by atoms with E-state index in [1.807, 2.05) is 11.8 Å². The molecule has 0 amide bonds. The Balaban J connectivity index is 2.53. The zero-order valence-electron chi connectivity index (χ0n) is 8.77. The lowest BCUT2D eigenvalue weighted by Crippen LogP contribution is -2.31. The van der Waals surface area contributed by atoms with Gasteiger partial charge in [-0.15, -0.1) is 11.3 Å². The second-order valence-electron chi connectivity index (χ2n) is 3.24. The van der Waals surface area contributed by atoms with Crippen LogP contribution in [0.5, 0.6) is 0 Å². The van der Waals surface area contributed by atoms with E-state index in [-0.39, 0.29) is 0 Å². The average Bonchev–Trinajstić information content (AvgIpc) is 2.69. The Kier molecular flexibility index (Phi) is 5.55. The van der Waals surface area contributed by atoms with Crippen LogP contribution >= 0.6 is 23.1 Å². The average molecular weight is 230 g/mol. The fraction of sp³-hybridized carbons (Fsp3) is 0.600. The highest BCUT2D eigenvalue weighted by molar-refractivity contribution is 7.98. The molecule has 14 heavy (non-hydrogen) atoms. The number of nitrogens with two attached hydrogens (primary N) is 1. The van der Waals surface area contributed by atoms with Gasteiger partial charge >= 0.3 is 0 Å². The molecule has 1 unspecified atom stereocenters. The summed E-state index contributed by atoms with van der Waals surface area (Å²) >= 11 is 3.66. The van der Waals surface area contributed by atoms with Gasteiger partial charge in [0.2, 0.25) is 0 Å². The Hall–Kier alpha value is -0.0300. The van der Waals surface area contributed by atoms with Crippen LogP contribution in [0.3, 0.4) is 0 Å². The van der Waals surface area contributed by atoms with Crippen LogP contribution < -0.4 is 5.73 Å². The van der Waals surface area contributed by atoms with Gasteiger partial charge in [-0.05, 0) is 24.7 Å². The summed E-state index contributed by atoms with van der Waals surface area (Å²) in [4.78, 5) is 3.71. The van der Waals surface area contributed by atoms with Crippen molar-refractivity contribution in [1.82, 2.24) is 4.90 Å². The molecular weight excluding hydrogens is 212 g/mol. The molecule has 0 spiro atoms. The highest BCUT2D eigenvalue weighted by Gasteiger charge is 2.15. The van der Waals surface area contributed by atoms with Gasteiger partial charge in [-0.25, -0.2) is 0 Å². The van der Waals surface area contributed by atoms with Crippen LogP contribution in [0.2, 0.25) is 0 Å². The van der Waals surface area contributed by atoms with Crippen molar-refractivity contribution in [1.29, 1.82) is 0 Å². The molecule has 1 atom stereocenters. The molecule has 0 bridgehead atoms. The molecule has 0 fully saturated rings. The van der Waals surface area contributed by atoms with Gasteiger partial charge in [0, 0.05) is 23.7 Å². The van der Waals surface area contributed by atoms with Crippen LogP contribution in [0.15, 0.2) is 17.5 Å². The number of thiophene rings is 1. The molecule has 1 aromatic rings. The molecule has 2 N–H and O–H groups in total. The number of likely N-dealkylation sites (N-methyl/N-ethyl adjacent to an activating group) is 1. The monoisotopic (exact) mass is 230 g/mol. The summed E-state index contributed by atoms with van der Waals surface area (Å²) in [6.07, 6.45) is 2.14. The van der Waals surface area contributed by atoms with Crippen LogP contribution in [-0.4, -0.2) is 37.0 Å². The Morgan fingerprint density at radius 1 is 1.64 bits per heavy atom. The first kappa shape index (κ1) is 12.0. The number of nitrogens with zero attached hydrogens (tertiary/aromatic N) is 1. The quantitative estimate of drug-likeness (QED) is 0.811. The van der Waals surface area contributed by atoms with Crippen LogP contribution in [0.1, 0.15) is 10.9 Å². The number of hydrogen-bond acceptors (Lipinski definition) is 4. The van der Waals surface area contributed by atoms with Crippen molar-refractivity contribution in [2.75, 3.05) is 32.1 Å². The molecule has 0 saturated carbocycles. The fourth-order valence-electron chi connectivity index (χ4n) is 1.39. The van der Waals surface area contributed by atoms with Crippen LogP contribution in [-0.2, 0) is 0 Å². The molecule has 1 aromatic heterocycles. The maximum atomic E-state index is 5.79. The van der Waals surface area contributed by atoms with E-state index < -0.39 is 0 Å². The number of thioether (sulfide) groups is 1. The van der Waals surface area contributed by atoms with Crippen LogP contribution in [0.25, 0.3) is 0 Å². The standard InChI is InChI=1S/C10H18N2S2/c1-12(5-7-13-2)9(8-11)10-4-3-6-14-10/h3-4,6,9H,5,7-8,11H2,1-2H3. The SMILES string of the molecule is CSCCN(C)C(CN)c1cccs1. The minimum atomic E-state index is 0.391. The van der Waals surface area contributed by atoms with Crippen LogP contribution in [0.4, 0.5) is 0 Å². The summed E-state index contributed by atoms with van der Waals surface area (Å²) in [5, 5.41) is 2.11. The zero-order chi connectivity index (χ0) is 10.4. The van der Waals surface area contributed by atoms with Crippen LogP contribution in [0, 0.1) is 0 Å².